The zero-order chi connectivity index (χ0) is 16.9. The van der Waals surface area contributed by atoms with Gasteiger partial charge in [0.25, 0.3) is 0 Å². The average molecular weight is 333 g/mol. The molecule has 0 aromatic heterocycles. The summed E-state index contributed by atoms with van der Waals surface area (Å²) in [5.74, 6) is 1.29. The van der Waals surface area contributed by atoms with Crippen molar-refractivity contribution in [2.75, 3.05) is 19.8 Å². The van der Waals surface area contributed by atoms with Crippen molar-refractivity contribution in [3.63, 3.8) is 0 Å². The highest BCUT2D eigenvalue weighted by Crippen LogP contribution is 2.32. The molecule has 0 bridgehead atoms. The molecule has 2 aliphatic rings. The third-order valence-corrected chi connectivity index (χ3v) is 4.25. The first-order valence-electron chi connectivity index (χ1n) is 8.38. The van der Waals surface area contributed by atoms with Crippen LogP contribution < -0.4 is 25.4 Å². The molecule has 0 saturated carbocycles. The molecule has 1 saturated heterocycles. The zero-order valence-electron chi connectivity index (χ0n) is 13.8. The minimum absolute atomic E-state index is 0.116. The number of amides is 3. The van der Waals surface area contributed by atoms with Crippen LogP contribution in [0.4, 0.5) is 4.79 Å². The van der Waals surface area contributed by atoms with Crippen molar-refractivity contribution >= 4 is 11.9 Å². The van der Waals surface area contributed by atoms with Crippen LogP contribution in [0.5, 0.6) is 11.5 Å². The molecule has 3 N–H and O–H groups in total. The Bertz CT molecular complexity index is 620. The lowest BCUT2D eigenvalue weighted by molar-refractivity contribution is -0.122. The van der Waals surface area contributed by atoms with Gasteiger partial charge in [0.15, 0.2) is 11.5 Å². The van der Waals surface area contributed by atoms with E-state index < -0.39 is 6.04 Å². The van der Waals surface area contributed by atoms with Crippen LogP contribution in [-0.2, 0) is 4.79 Å². The second-order valence-electron chi connectivity index (χ2n) is 6.08. The summed E-state index contributed by atoms with van der Waals surface area (Å²) in [6.07, 6.45) is 2.53. The van der Waals surface area contributed by atoms with E-state index in [1.807, 2.05) is 25.1 Å². The molecular weight excluding hydrogens is 310 g/mol. The second-order valence-corrected chi connectivity index (χ2v) is 6.08. The van der Waals surface area contributed by atoms with Gasteiger partial charge in [-0.25, -0.2) is 4.79 Å². The number of rotatable bonds is 3. The summed E-state index contributed by atoms with van der Waals surface area (Å²) in [6.45, 7) is 3.63. The van der Waals surface area contributed by atoms with Crippen LogP contribution in [0.25, 0.3) is 0 Å². The number of fused-ring (bicyclic) bond motifs is 1. The van der Waals surface area contributed by atoms with Gasteiger partial charge in [0.2, 0.25) is 5.91 Å². The molecule has 7 nitrogen and oxygen atoms in total. The topological polar surface area (TPSA) is 88.7 Å². The Morgan fingerprint density at radius 3 is 2.88 bits per heavy atom. The summed E-state index contributed by atoms with van der Waals surface area (Å²) < 4.78 is 11.1. The molecule has 7 heteroatoms. The largest absolute Gasteiger partial charge is 0.486 e. The molecular formula is C17H23N3O4. The number of urea groups is 1. The number of benzene rings is 1. The summed E-state index contributed by atoms with van der Waals surface area (Å²) in [7, 11) is 0. The Kier molecular flexibility index (Phi) is 5.08. The van der Waals surface area contributed by atoms with E-state index in [-0.39, 0.29) is 18.0 Å². The number of hydrogen-bond acceptors (Lipinski definition) is 4. The molecule has 3 rings (SSSR count). The molecule has 2 aliphatic heterocycles. The molecule has 24 heavy (non-hydrogen) atoms. The standard InChI is InChI=1S/C17H23N3O4/c1-11(12-5-6-14-15(10-12)24-9-8-23-14)19-17(22)20-13-4-2-3-7-18-16(13)21/h5-6,10-11,13H,2-4,7-9H2,1H3,(H,18,21)(H2,19,20,22)/t11-,13-/m1/s1. The van der Waals surface area contributed by atoms with E-state index in [2.05, 4.69) is 16.0 Å². The van der Waals surface area contributed by atoms with Crippen LogP contribution in [0.3, 0.4) is 0 Å². The van der Waals surface area contributed by atoms with Crippen molar-refractivity contribution in [3.05, 3.63) is 23.8 Å². The van der Waals surface area contributed by atoms with E-state index in [9.17, 15) is 9.59 Å². The number of ether oxygens (including phenoxy) is 2. The molecule has 2 heterocycles. The Labute approximate surface area is 141 Å². The highest BCUT2D eigenvalue weighted by Gasteiger charge is 2.23. The molecule has 0 aliphatic carbocycles. The van der Waals surface area contributed by atoms with Gasteiger partial charge >= 0.3 is 6.03 Å². The summed E-state index contributed by atoms with van der Waals surface area (Å²) in [6, 6.07) is 4.59. The molecule has 3 amide bonds. The normalized spacial score (nSPS) is 21.2. The van der Waals surface area contributed by atoms with Gasteiger partial charge in [-0.05, 0) is 43.9 Å². The minimum Gasteiger partial charge on any atom is -0.486 e. The number of hydrogen-bond donors (Lipinski definition) is 3. The lowest BCUT2D eigenvalue weighted by Crippen LogP contribution is -2.49. The van der Waals surface area contributed by atoms with Crippen LogP contribution in [0.15, 0.2) is 18.2 Å². The van der Waals surface area contributed by atoms with Gasteiger partial charge < -0.3 is 25.4 Å². The number of carbonyl (C=O) groups excluding carboxylic acids is 2. The van der Waals surface area contributed by atoms with Crippen molar-refractivity contribution in [2.24, 2.45) is 0 Å². The van der Waals surface area contributed by atoms with E-state index in [1.54, 1.807) is 0 Å². The summed E-state index contributed by atoms with van der Waals surface area (Å²) in [5, 5.41) is 8.43. The molecule has 1 fully saturated rings. The maximum atomic E-state index is 12.2. The first-order valence-corrected chi connectivity index (χ1v) is 8.38. The van der Waals surface area contributed by atoms with Crippen molar-refractivity contribution in [1.29, 1.82) is 0 Å². The van der Waals surface area contributed by atoms with Crippen LogP contribution in [0, 0.1) is 0 Å². The molecule has 1 aromatic carbocycles. The summed E-state index contributed by atoms with van der Waals surface area (Å²) in [4.78, 5) is 24.1. The maximum Gasteiger partial charge on any atom is 0.315 e. The van der Waals surface area contributed by atoms with E-state index in [0.717, 1.165) is 24.2 Å². The van der Waals surface area contributed by atoms with Gasteiger partial charge in [0, 0.05) is 6.54 Å². The highest BCUT2D eigenvalue weighted by atomic mass is 16.6. The van der Waals surface area contributed by atoms with Crippen LogP contribution in [0.2, 0.25) is 0 Å². The number of carbonyl (C=O) groups is 2. The van der Waals surface area contributed by atoms with Gasteiger partial charge in [0.1, 0.15) is 19.3 Å². The summed E-state index contributed by atoms with van der Waals surface area (Å²) in [5.41, 5.74) is 0.916. The van der Waals surface area contributed by atoms with Crippen molar-refractivity contribution in [3.8, 4) is 11.5 Å². The Morgan fingerprint density at radius 2 is 2.04 bits per heavy atom. The van der Waals surface area contributed by atoms with Gasteiger partial charge in [-0.2, -0.15) is 0 Å². The Morgan fingerprint density at radius 1 is 1.25 bits per heavy atom. The number of nitrogens with one attached hydrogen (secondary N) is 3. The molecule has 1 aromatic rings. The van der Waals surface area contributed by atoms with Gasteiger partial charge in [0.05, 0.1) is 6.04 Å². The van der Waals surface area contributed by atoms with Gasteiger partial charge in [-0.1, -0.05) is 6.07 Å². The van der Waals surface area contributed by atoms with E-state index in [4.69, 9.17) is 9.47 Å². The maximum absolute atomic E-state index is 12.2. The molecule has 0 unspecified atom stereocenters. The Hall–Kier alpha value is -2.44. The molecule has 0 spiro atoms. The van der Waals surface area contributed by atoms with Crippen LogP contribution in [0.1, 0.15) is 37.8 Å². The van der Waals surface area contributed by atoms with E-state index >= 15 is 0 Å². The predicted octanol–water partition coefficient (Wildman–Crippen LogP) is 1.49. The second kappa shape index (κ2) is 7.42. The summed E-state index contributed by atoms with van der Waals surface area (Å²) >= 11 is 0. The first kappa shape index (κ1) is 16.4. The van der Waals surface area contributed by atoms with Crippen molar-refractivity contribution < 1.29 is 19.1 Å². The first-order chi connectivity index (χ1) is 11.6. The fourth-order valence-electron chi connectivity index (χ4n) is 2.89. The Balaban J connectivity index is 1.58. The SMILES string of the molecule is C[C@@H](NC(=O)N[C@@H]1CCCCNC1=O)c1ccc2c(c1)OCCO2. The molecule has 0 radical (unpaired) electrons. The fourth-order valence-corrected chi connectivity index (χ4v) is 2.89. The van der Waals surface area contributed by atoms with E-state index in [0.29, 0.717) is 31.9 Å². The zero-order valence-corrected chi connectivity index (χ0v) is 13.8. The third-order valence-electron chi connectivity index (χ3n) is 4.25. The smallest absolute Gasteiger partial charge is 0.315 e. The molecule has 130 valence electrons. The average Bonchev–Trinajstić information content (AvgIpc) is 2.79. The lowest BCUT2D eigenvalue weighted by Gasteiger charge is -2.22. The minimum atomic E-state index is -0.472. The van der Waals surface area contributed by atoms with Gasteiger partial charge in [-0.3, -0.25) is 4.79 Å². The van der Waals surface area contributed by atoms with Crippen LogP contribution in [-0.4, -0.2) is 37.7 Å². The fraction of sp³-hybridized carbons (Fsp3) is 0.529. The van der Waals surface area contributed by atoms with Crippen molar-refractivity contribution in [2.45, 2.75) is 38.3 Å². The molecule has 2 atom stereocenters. The van der Waals surface area contributed by atoms with E-state index in [1.165, 1.54) is 0 Å². The monoisotopic (exact) mass is 333 g/mol. The quantitative estimate of drug-likeness (QED) is 0.782. The van der Waals surface area contributed by atoms with Crippen LogP contribution >= 0.6 is 0 Å². The van der Waals surface area contributed by atoms with Gasteiger partial charge in [-0.15, -0.1) is 0 Å². The predicted molar refractivity (Wildman–Crippen MR) is 88.2 cm³/mol. The highest BCUT2D eigenvalue weighted by molar-refractivity contribution is 5.87. The lowest BCUT2D eigenvalue weighted by atomic mass is 10.1. The third kappa shape index (κ3) is 3.90. The van der Waals surface area contributed by atoms with Crippen molar-refractivity contribution in [1.82, 2.24) is 16.0 Å².